The second-order valence-corrected chi connectivity index (χ2v) is 15.7. The van der Waals surface area contributed by atoms with E-state index in [1.165, 1.54) is 87.6 Å². The summed E-state index contributed by atoms with van der Waals surface area (Å²) in [5.74, 6) is 0. The third-order valence-electron chi connectivity index (χ3n) is 12.3. The molecule has 1 heteroatoms. The molecule has 10 aromatic carbocycles. The molecule has 1 aliphatic rings. The predicted octanol–water partition coefficient (Wildman–Crippen LogP) is 15.4. The molecule has 11 rings (SSSR count). The first-order chi connectivity index (χ1) is 27.5. The van der Waals surface area contributed by atoms with Crippen LogP contribution in [0.5, 0.6) is 0 Å². The fourth-order valence-electron chi connectivity index (χ4n) is 9.47. The summed E-state index contributed by atoms with van der Waals surface area (Å²) < 4.78 is 0. The van der Waals surface area contributed by atoms with Gasteiger partial charge in [0, 0.05) is 22.5 Å². The van der Waals surface area contributed by atoms with Crippen molar-refractivity contribution in [3.8, 4) is 33.4 Å². The van der Waals surface area contributed by atoms with Crippen molar-refractivity contribution in [2.24, 2.45) is 0 Å². The van der Waals surface area contributed by atoms with Crippen LogP contribution in [-0.4, -0.2) is 0 Å². The predicted molar refractivity (Wildman–Crippen MR) is 240 cm³/mol. The van der Waals surface area contributed by atoms with E-state index >= 15 is 0 Å². The van der Waals surface area contributed by atoms with Gasteiger partial charge in [0.1, 0.15) is 0 Å². The summed E-state index contributed by atoms with van der Waals surface area (Å²) in [5.41, 5.74) is 13.6. The summed E-state index contributed by atoms with van der Waals surface area (Å²) in [4.78, 5) is 2.43. The number of benzene rings is 10. The molecule has 1 nitrogen and oxygen atoms in total. The standard InChI is InChI=1S/C55H39N/c1-55(2)53-23-8-7-19-51(53)52-31-29-42(35-54(52)55)56(41-16-9-15-39(34-41)46-20-10-14-36-12-3-5-17-43(36)46)40-27-24-38(25-28-40)45-21-11-22-47-48(45)32-33-49-44-18-6-4-13-37(44)26-30-50(47)49/h3-35H,1-2H3. The summed E-state index contributed by atoms with van der Waals surface area (Å²) in [6, 6.07) is 74.0. The SMILES string of the molecule is CC1(C)c2ccccc2-c2ccc(N(c3ccc(-c4cccc5c4ccc4c6ccccc6ccc54)cc3)c3cccc(-c4cccc5ccccc45)c3)cc21. The fourth-order valence-corrected chi connectivity index (χ4v) is 9.47. The van der Waals surface area contributed by atoms with Gasteiger partial charge in [0.15, 0.2) is 0 Å². The van der Waals surface area contributed by atoms with Crippen LogP contribution < -0.4 is 4.90 Å². The van der Waals surface area contributed by atoms with Crippen molar-refractivity contribution in [2.45, 2.75) is 19.3 Å². The minimum Gasteiger partial charge on any atom is -0.310 e. The Bertz CT molecular complexity index is 3160. The van der Waals surface area contributed by atoms with Crippen molar-refractivity contribution in [1.29, 1.82) is 0 Å². The maximum Gasteiger partial charge on any atom is 0.0467 e. The van der Waals surface area contributed by atoms with Crippen LogP contribution in [0.4, 0.5) is 17.1 Å². The summed E-state index contributed by atoms with van der Waals surface area (Å²) in [6.45, 7) is 4.72. The lowest BCUT2D eigenvalue weighted by Crippen LogP contribution is -2.16. The molecule has 264 valence electrons. The highest BCUT2D eigenvalue weighted by Gasteiger charge is 2.35. The molecule has 56 heavy (non-hydrogen) atoms. The lowest BCUT2D eigenvalue weighted by Gasteiger charge is -2.28. The molecule has 0 fully saturated rings. The lowest BCUT2D eigenvalue weighted by molar-refractivity contribution is 0.660. The molecule has 0 saturated carbocycles. The van der Waals surface area contributed by atoms with Crippen molar-refractivity contribution >= 4 is 60.2 Å². The number of fused-ring (bicyclic) bond motifs is 9. The van der Waals surface area contributed by atoms with Crippen LogP contribution in [0.1, 0.15) is 25.0 Å². The highest BCUT2D eigenvalue weighted by Crippen LogP contribution is 2.51. The molecule has 0 amide bonds. The van der Waals surface area contributed by atoms with E-state index in [1.54, 1.807) is 0 Å². The first-order valence-electron chi connectivity index (χ1n) is 19.6. The third-order valence-corrected chi connectivity index (χ3v) is 12.3. The van der Waals surface area contributed by atoms with Crippen LogP contribution in [0, 0.1) is 0 Å². The molecule has 0 radical (unpaired) electrons. The van der Waals surface area contributed by atoms with Crippen LogP contribution in [0.2, 0.25) is 0 Å². The second kappa shape index (κ2) is 12.5. The molecule has 0 spiro atoms. The summed E-state index contributed by atoms with van der Waals surface area (Å²) in [6.07, 6.45) is 0. The molecule has 0 aliphatic heterocycles. The number of rotatable bonds is 5. The van der Waals surface area contributed by atoms with Gasteiger partial charge in [-0.15, -0.1) is 0 Å². The number of nitrogens with zero attached hydrogens (tertiary/aromatic N) is 1. The van der Waals surface area contributed by atoms with Gasteiger partial charge in [0.2, 0.25) is 0 Å². The van der Waals surface area contributed by atoms with E-state index < -0.39 is 0 Å². The van der Waals surface area contributed by atoms with Gasteiger partial charge in [0.25, 0.3) is 0 Å². The summed E-state index contributed by atoms with van der Waals surface area (Å²) in [5, 5.41) is 10.2. The highest BCUT2D eigenvalue weighted by atomic mass is 15.1. The van der Waals surface area contributed by atoms with Gasteiger partial charge < -0.3 is 4.90 Å². The zero-order valence-corrected chi connectivity index (χ0v) is 31.5. The topological polar surface area (TPSA) is 3.24 Å². The molecule has 0 heterocycles. The van der Waals surface area contributed by atoms with Crippen LogP contribution in [0.25, 0.3) is 76.5 Å². The maximum absolute atomic E-state index is 2.43. The zero-order chi connectivity index (χ0) is 37.4. The smallest absolute Gasteiger partial charge is 0.0467 e. The summed E-state index contributed by atoms with van der Waals surface area (Å²) in [7, 11) is 0. The summed E-state index contributed by atoms with van der Waals surface area (Å²) >= 11 is 0. The van der Waals surface area contributed by atoms with E-state index in [1.807, 2.05) is 0 Å². The molecule has 0 atom stereocenters. The van der Waals surface area contributed by atoms with Crippen LogP contribution in [0.15, 0.2) is 200 Å². The lowest BCUT2D eigenvalue weighted by atomic mass is 9.82. The molecule has 0 unspecified atom stereocenters. The van der Waals surface area contributed by atoms with E-state index in [9.17, 15) is 0 Å². The molecule has 10 aromatic rings. The molecule has 0 N–H and O–H groups in total. The van der Waals surface area contributed by atoms with Gasteiger partial charge in [-0.1, -0.05) is 178 Å². The number of anilines is 3. The Kier molecular flexibility index (Phi) is 7.28. The van der Waals surface area contributed by atoms with Gasteiger partial charge in [-0.05, 0) is 124 Å². The Morgan fingerprint density at radius 2 is 0.839 bits per heavy atom. The van der Waals surface area contributed by atoms with E-state index in [4.69, 9.17) is 0 Å². The Labute approximate surface area is 327 Å². The van der Waals surface area contributed by atoms with E-state index in [0.717, 1.165) is 17.1 Å². The maximum atomic E-state index is 2.43. The molecule has 0 bridgehead atoms. The molecule has 0 saturated heterocycles. The Balaban J connectivity index is 1.05. The van der Waals surface area contributed by atoms with E-state index in [0.29, 0.717) is 0 Å². The Morgan fingerprint density at radius 1 is 0.304 bits per heavy atom. The minimum atomic E-state index is -0.104. The molecular weight excluding hydrogens is 675 g/mol. The number of hydrogen-bond acceptors (Lipinski definition) is 1. The van der Waals surface area contributed by atoms with Gasteiger partial charge in [-0.2, -0.15) is 0 Å². The molecular formula is C55H39N. The van der Waals surface area contributed by atoms with Crippen LogP contribution in [-0.2, 0) is 5.41 Å². The van der Waals surface area contributed by atoms with Crippen LogP contribution in [0.3, 0.4) is 0 Å². The largest absolute Gasteiger partial charge is 0.310 e. The molecule has 1 aliphatic carbocycles. The normalized spacial score (nSPS) is 13.0. The average Bonchev–Trinajstić information content (AvgIpc) is 3.48. The first kappa shape index (κ1) is 32.5. The number of hydrogen-bond donors (Lipinski definition) is 0. The van der Waals surface area contributed by atoms with Crippen molar-refractivity contribution in [3.05, 3.63) is 211 Å². The highest BCUT2D eigenvalue weighted by molar-refractivity contribution is 6.19. The quantitative estimate of drug-likeness (QED) is 0.161. The van der Waals surface area contributed by atoms with E-state index in [-0.39, 0.29) is 5.41 Å². The first-order valence-corrected chi connectivity index (χ1v) is 19.6. The Hall–Kier alpha value is -6.96. The zero-order valence-electron chi connectivity index (χ0n) is 31.5. The second-order valence-electron chi connectivity index (χ2n) is 15.7. The van der Waals surface area contributed by atoms with Crippen molar-refractivity contribution in [1.82, 2.24) is 0 Å². The van der Waals surface area contributed by atoms with Crippen molar-refractivity contribution < 1.29 is 0 Å². The average molecular weight is 714 g/mol. The van der Waals surface area contributed by atoms with Crippen molar-refractivity contribution in [2.75, 3.05) is 4.90 Å². The third kappa shape index (κ3) is 5.01. The Morgan fingerprint density at radius 3 is 1.70 bits per heavy atom. The van der Waals surface area contributed by atoms with Crippen LogP contribution >= 0.6 is 0 Å². The molecule has 0 aromatic heterocycles. The van der Waals surface area contributed by atoms with E-state index in [2.05, 4.69) is 219 Å². The fraction of sp³-hybridized carbons (Fsp3) is 0.0545. The van der Waals surface area contributed by atoms with Gasteiger partial charge >= 0.3 is 0 Å². The minimum absolute atomic E-state index is 0.104. The van der Waals surface area contributed by atoms with Gasteiger partial charge in [0.05, 0.1) is 0 Å². The monoisotopic (exact) mass is 713 g/mol. The van der Waals surface area contributed by atoms with Crippen molar-refractivity contribution in [3.63, 3.8) is 0 Å². The van der Waals surface area contributed by atoms with Gasteiger partial charge in [-0.3, -0.25) is 0 Å². The van der Waals surface area contributed by atoms with Gasteiger partial charge in [-0.25, -0.2) is 0 Å².